The number of fused-ring (bicyclic) bond motifs is 1. The van der Waals surface area contributed by atoms with Crippen LogP contribution in [0.2, 0.25) is 0 Å². The molecule has 0 bridgehead atoms. The molecule has 102 valence electrons. The van der Waals surface area contributed by atoms with E-state index in [0.29, 0.717) is 4.99 Å². The van der Waals surface area contributed by atoms with Crippen molar-refractivity contribution in [3.63, 3.8) is 0 Å². The minimum atomic E-state index is 0.458. The molecular formula is C17H18N2S. The topological polar surface area (TPSA) is 29.3 Å². The summed E-state index contributed by atoms with van der Waals surface area (Å²) >= 11 is 5.19. The number of nitrogens with two attached hydrogens (primary N) is 1. The fraction of sp³-hybridized carbons (Fsp3) is 0.235. The van der Waals surface area contributed by atoms with E-state index in [2.05, 4.69) is 36.1 Å². The van der Waals surface area contributed by atoms with Crippen molar-refractivity contribution in [2.24, 2.45) is 5.73 Å². The lowest BCUT2D eigenvalue weighted by molar-refractivity contribution is 0.765. The first-order chi connectivity index (χ1) is 9.66. The van der Waals surface area contributed by atoms with Gasteiger partial charge in [0.25, 0.3) is 0 Å². The lowest BCUT2D eigenvalue weighted by Crippen LogP contribution is -2.27. The van der Waals surface area contributed by atoms with Gasteiger partial charge in [-0.2, -0.15) is 0 Å². The van der Waals surface area contributed by atoms with Gasteiger partial charge >= 0.3 is 0 Å². The first-order valence-electron chi connectivity index (χ1n) is 6.93. The molecular weight excluding hydrogens is 264 g/mol. The van der Waals surface area contributed by atoms with Crippen molar-refractivity contribution in [1.82, 2.24) is 0 Å². The number of thiocarbonyl (C=S) groups is 1. The summed E-state index contributed by atoms with van der Waals surface area (Å²) in [4.78, 5) is 2.80. The molecule has 0 unspecified atom stereocenters. The van der Waals surface area contributed by atoms with E-state index in [1.54, 1.807) is 0 Å². The van der Waals surface area contributed by atoms with Crippen LogP contribution in [0, 0.1) is 6.92 Å². The molecule has 3 heteroatoms. The lowest BCUT2D eigenvalue weighted by Gasteiger charge is -2.33. The van der Waals surface area contributed by atoms with Crippen LogP contribution < -0.4 is 10.6 Å². The number of hydrogen-bond donors (Lipinski definition) is 1. The van der Waals surface area contributed by atoms with Crippen LogP contribution in [0.25, 0.3) is 0 Å². The zero-order valence-corrected chi connectivity index (χ0v) is 12.4. The van der Waals surface area contributed by atoms with E-state index in [1.165, 1.54) is 16.8 Å². The van der Waals surface area contributed by atoms with Crippen LogP contribution >= 0.6 is 12.2 Å². The highest BCUT2D eigenvalue weighted by atomic mass is 32.1. The normalized spacial score (nSPS) is 13.9. The molecule has 0 radical (unpaired) electrons. The van der Waals surface area contributed by atoms with Crippen molar-refractivity contribution in [3.8, 4) is 0 Å². The van der Waals surface area contributed by atoms with Crippen LogP contribution in [-0.2, 0) is 6.42 Å². The Morgan fingerprint density at radius 1 is 1.15 bits per heavy atom. The number of aryl methyl sites for hydroxylation is 2. The molecule has 0 saturated heterocycles. The van der Waals surface area contributed by atoms with Gasteiger partial charge in [-0.1, -0.05) is 42.0 Å². The van der Waals surface area contributed by atoms with Crippen LogP contribution in [0.3, 0.4) is 0 Å². The van der Waals surface area contributed by atoms with E-state index < -0.39 is 0 Å². The maximum Gasteiger partial charge on any atom is 0.106 e. The molecule has 20 heavy (non-hydrogen) atoms. The second kappa shape index (κ2) is 5.25. The Kier molecular flexibility index (Phi) is 3.45. The van der Waals surface area contributed by atoms with Gasteiger partial charge in [0.05, 0.1) is 5.69 Å². The first kappa shape index (κ1) is 13.1. The molecule has 0 aromatic heterocycles. The van der Waals surface area contributed by atoms with Gasteiger partial charge in [0.2, 0.25) is 0 Å². The number of nitrogens with zero attached hydrogens (tertiary/aromatic N) is 1. The highest BCUT2D eigenvalue weighted by Crippen LogP contribution is 2.35. The predicted molar refractivity (Wildman–Crippen MR) is 88.8 cm³/mol. The van der Waals surface area contributed by atoms with Gasteiger partial charge in [-0.3, -0.25) is 0 Å². The van der Waals surface area contributed by atoms with Crippen molar-refractivity contribution in [2.45, 2.75) is 19.8 Å². The summed E-state index contributed by atoms with van der Waals surface area (Å²) in [6.45, 7) is 3.15. The number of para-hydroxylation sites is 1. The van der Waals surface area contributed by atoms with Crippen molar-refractivity contribution in [2.75, 3.05) is 11.4 Å². The molecule has 2 aromatic rings. The van der Waals surface area contributed by atoms with Crippen LogP contribution in [0.4, 0.5) is 11.4 Å². The molecule has 1 aliphatic rings. The number of benzene rings is 2. The molecule has 2 N–H and O–H groups in total. The zero-order chi connectivity index (χ0) is 14.1. The highest BCUT2D eigenvalue weighted by Gasteiger charge is 2.20. The summed E-state index contributed by atoms with van der Waals surface area (Å²) in [7, 11) is 0. The molecule has 0 amide bonds. The Labute approximate surface area is 125 Å². The third kappa shape index (κ3) is 2.29. The van der Waals surface area contributed by atoms with E-state index >= 15 is 0 Å². The molecule has 1 heterocycles. The average molecular weight is 282 g/mol. The zero-order valence-electron chi connectivity index (χ0n) is 11.6. The van der Waals surface area contributed by atoms with Gasteiger partial charge in [-0.15, -0.1) is 0 Å². The minimum Gasteiger partial charge on any atom is -0.389 e. The molecule has 0 fully saturated rings. The lowest BCUT2D eigenvalue weighted by atomic mass is 9.98. The minimum absolute atomic E-state index is 0.458. The summed E-state index contributed by atoms with van der Waals surface area (Å²) in [6.07, 6.45) is 2.30. The SMILES string of the molecule is Cc1ccc2c(c1)CCCN2c1ccccc1C(N)=S. The summed E-state index contributed by atoms with van der Waals surface area (Å²) in [5.41, 5.74) is 11.9. The molecule has 2 aromatic carbocycles. The number of rotatable bonds is 2. The predicted octanol–water partition coefficient (Wildman–Crippen LogP) is 3.71. The van der Waals surface area contributed by atoms with E-state index in [4.69, 9.17) is 18.0 Å². The van der Waals surface area contributed by atoms with Crippen LogP contribution in [0.1, 0.15) is 23.1 Å². The Bertz CT molecular complexity index is 664. The van der Waals surface area contributed by atoms with E-state index in [0.717, 1.165) is 30.6 Å². The van der Waals surface area contributed by atoms with Crippen molar-refractivity contribution < 1.29 is 0 Å². The second-order valence-corrected chi connectivity index (χ2v) is 5.71. The van der Waals surface area contributed by atoms with Crippen LogP contribution in [0.5, 0.6) is 0 Å². The van der Waals surface area contributed by atoms with Crippen molar-refractivity contribution >= 4 is 28.6 Å². The fourth-order valence-corrected chi connectivity index (χ4v) is 3.07. The van der Waals surface area contributed by atoms with E-state index in [-0.39, 0.29) is 0 Å². The van der Waals surface area contributed by atoms with Gasteiger partial charge < -0.3 is 10.6 Å². The third-order valence-electron chi connectivity index (χ3n) is 3.81. The number of anilines is 2. The van der Waals surface area contributed by atoms with Crippen molar-refractivity contribution in [1.29, 1.82) is 0 Å². The molecule has 3 rings (SSSR count). The maximum absolute atomic E-state index is 5.87. The molecule has 2 nitrogen and oxygen atoms in total. The third-order valence-corrected chi connectivity index (χ3v) is 4.03. The standard InChI is InChI=1S/C17H18N2S/c1-12-8-9-15-13(11-12)5-4-10-19(15)16-7-3-2-6-14(16)17(18)20/h2-3,6-9,11H,4-5,10H2,1H3,(H2,18,20). The smallest absolute Gasteiger partial charge is 0.106 e. The fourth-order valence-electron chi connectivity index (χ4n) is 2.89. The van der Waals surface area contributed by atoms with Gasteiger partial charge in [-0.05, 0) is 43.5 Å². The summed E-state index contributed by atoms with van der Waals surface area (Å²) in [5.74, 6) is 0. The van der Waals surface area contributed by atoms with E-state index in [1.807, 2.05) is 18.2 Å². The summed E-state index contributed by atoms with van der Waals surface area (Å²) < 4.78 is 0. The van der Waals surface area contributed by atoms with Gasteiger partial charge in [0.15, 0.2) is 0 Å². The first-order valence-corrected chi connectivity index (χ1v) is 7.33. The molecule has 0 aliphatic carbocycles. The summed E-state index contributed by atoms with van der Waals surface area (Å²) in [6, 6.07) is 14.8. The molecule has 0 saturated carbocycles. The summed E-state index contributed by atoms with van der Waals surface area (Å²) in [5, 5.41) is 0. The van der Waals surface area contributed by atoms with E-state index in [9.17, 15) is 0 Å². The Hall–Kier alpha value is -1.87. The maximum atomic E-state index is 5.87. The molecule has 0 spiro atoms. The van der Waals surface area contributed by atoms with Gasteiger partial charge in [0.1, 0.15) is 4.99 Å². The highest BCUT2D eigenvalue weighted by molar-refractivity contribution is 7.80. The quantitative estimate of drug-likeness (QED) is 0.851. The average Bonchev–Trinajstić information content (AvgIpc) is 2.46. The molecule has 1 aliphatic heterocycles. The Morgan fingerprint density at radius 2 is 1.95 bits per heavy atom. The largest absolute Gasteiger partial charge is 0.389 e. The molecule has 0 atom stereocenters. The van der Waals surface area contributed by atoms with Crippen molar-refractivity contribution in [3.05, 3.63) is 59.2 Å². The van der Waals surface area contributed by atoms with Gasteiger partial charge in [0, 0.05) is 17.8 Å². The number of hydrogen-bond acceptors (Lipinski definition) is 2. The van der Waals surface area contributed by atoms with Gasteiger partial charge in [-0.25, -0.2) is 0 Å². The van der Waals surface area contributed by atoms with Crippen LogP contribution in [-0.4, -0.2) is 11.5 Å². The monoisotopic (exact) mass is 282 g/mol. The van der Waals surface area contributed by atoms with Crippen LogP contribution in [0.15, 0.2) is 42.5 Å². The second-order valence-electron chi connectivity index (χ2n) is 5.27. The Balaban J connectivity index is 2.12. The Morgan fingerprint density at radius 3 is 2.75 bits per heavy atom.